The summed E-state index contributed by atoms with van der Waals surface area (Å²) in [6.45, 7) is 0. The average Bonchev–Trinajstić information content (AvgIpc) is 3.11. The smallest absolute Gasteiger partial charge is 0.257 e. The number of para-hydroxylation sites is 2. The first-order chi connectivity index (χ1) is 12.8. The van der Waals surface area contributed by atoms with E-state index >= 15 is 0 Å². The zero-order chi connectivity index (χ0) is 17.8. The lowest BCUT2D eigenvalue weighted by Gasteiger charge is -2.30. The first kappa shape index (κ1) is 18.0. The molecule has 26 heavy (non-hydrogen) atoms. The van der Waals surface area contributed by atoms with Gasteiger partial charge in [0.1, 0.15) is 5.52 Å². The number of fused-ring (bicyclic) bond motifs is 1. The van der Waals surface area contributed by atoms with E-state index in [1.54, 1.807) is 11.8 Å². The predicted molar refractivity (Wildman–Crippen MR) is 111 cm³/mol. The van der Waals surface area contributed by atoms with Crippen LogP contribution in [0.15, 0.2) is 63.1 Å². The Bertz CT molecular complexity index is 808. The highest BCUT2D eigenvalue weighted by Crippen LogP contribution is 2.31. The summed E-state index contributed by atoms with van der Waals surface area (Å²) in [5.41, 5.74) is 3.07. The van der Waals surface area contributed by atoms with Crippen molar-refractivity contribution in [3.63, 3.8) is 0 Å². The second-order valence-electron chi connectivity index (χ2n) is 6.81. The van der Waals surface area contributed by atoms with Gasteiger partial charge in [-0.2, -0.15) is 0 Å². The zero-order valence-corrected chi connectivity index (χ0v) is 16.7. The van der Waals surface area contributed by atoms with Crippen LogP contribution in [0.1, 0.15) is 37.7 Å². The maximum absolute atomic E-state index is 5.77. The van der Waals surface area contributed by atoms with Crippen LogP contribution >= 0.6 is 23.7 Å². The van der Waals surface area contributed by atoms with Crippen molar-refractivity contribution in [1.29, 1.82) is 0 Å². The van der Waals surface area contributed by atoms with Crippen molar-refractivity contribution in [1.82, 2.24) is 9.29 Å². The van der Waals surface area contributed by atoms with Crippen LogP contribution in [0, 0.1) is 0 Å². The largest absolute Gasteiger partial charge is 0.431 e. The summed E-state index contributed by atoms with van der Waals surface area (Å²) < 4.78 is 8.22. The minimum atomic E-state index is 0.725. The Morgan fingerprint density at radius 3 is 2.58 bits per heavy atom. The Morgan fingerprint density at radius 1 is 1.04 bits per heavy atom. The maximum Gasteiger partial charge on any atom is 0.257 e. The molecule has 0 unspecified atom stereocenters. The highest BCUT2D eigenvalue weighted by atomic mass is 32.2. The van der Waals surface area contributed by atoms with Crippen LogP contribution in [0.2, 0.25) is 0 Å². The Balaban J connectivity index is 1.32. The molecule has 0 N–H and O–H groups in total. The van der Waals surface area contributed by atoms with Crippen LogP contribution in [0.25, 0.3) is 11.1 Å². The normalized spacial score (nSPS) is 15.8. The highest BCUT2D eigenvalue weighted by molar-refractivity contribution is 7.98. The third kappa shape index (κ3) is 4.45. The molecule has 1 fully saturated rings. The second kappa shape index (κ2) is 8.51. The molecule has 0 amide bonds. The summed E-state index contributed by atoms with van der Waals surface area (Å²) >= 11 is 3.52. The first-order valence-corrected chi connectivity index (χ1v) is 11.0. The summed E-state index contributed by atoms with van der Waals surface area (Å²) in [4.78, 5) is 5.84. The van der Waals surface area contributed by atoms with Crippen molar-refractivity contribution in [2.45, 2.75) is 54.0 Å². The van der Waals surface area contributed by atoms with Crippen LogP contribution in [-0.4, -0.2) is 22.4 Å². The molecule has 3 nitrogen and oxygen atoms in total. The minimum Gasteiger partial charge on any atom is -0.431 e. The van der Waals surface area contributed by atoms with Gasteiger partial charge >= 0.3 is 0 Å². The Hall–Kier alpha value is -1.43. The van der Waals surface area contributed by atoms with Crippen LogP contribution in [0.5, 0.6) is 0 Å². The molecule has 136 valence electrons. The van der Waals surface area contributed by atoms with E-state index in [0.717, 1.165) is 28.1 Å². The molecule has 1 aliphatic rings. The van der Waals surface area contributed by atoms with Crippen molar-refractivity contribution in [2.75, 3.05) is 7.05 Å². The number of nitrogens with zero attached hydrogens (tertiary/aromatic N) is 2. The van der Waals surface area contributed by atoms with E-state index in [1.165, 1.54) is 42.6 Å². The molecule has 2 aromatic carbocycles. The number of thioether (sulfide) groups is 1. The summed E-state index contributed by atoms with van der Waals surface area (Å²) in [6, 6.07) is 17.5. The molecular formula is C21H24N2OS2. The van der Waals surface area contributed by atoms with Gasteiger partial charge in [0, 0.05) is 16.7 Å². The molecule has 0 aliphatic heterocycles. The molecule has 1 aliphatic carbocycles. The lowest BCUT2D eigenvalue weighted by Crippen LogP contribution is -2.27. The minimum absolute atomic E-state index is 0.725. The molecule has 0 radical (unpaired) electrons. The van der Waals surface area contributed by atoms with Gasteiger partial charge in [-0.15, -0.1) is 0 Å². The van der Waals surface area contributed by atoms with Crippen molar-refractivity contribution in [3.8, 4) is 0 Å². The SMILES string of the molecule is CN(Sc1ccc(CSc2nc3ccccc3o2)cc1)C1CCCCC1. The van der Waals surface area contributed by atoms with E-state index in [9.17, 15) is 0 Å². The number of benzene rings is 2. The van der Waals surface area contributed by atoms with Gasteiger partial charge in [-0.05, 0) is 61.7 Å². The van der Waals surface area contributed by atoms with Gasteiger partial charge in [0.05, 0.1) is 0 Å². The van der Waals surface area contributed by atoms with Crippen LogP contribution < -0.4 is 0 Å². The standard InChI is InChI=1S/C21H24N2OS2/c1-23(17-7-3-2-4-8-17)26-18-13-11-16(12-14-18)15-25-21-22-19-9-5-6-10-20(19)24-21/h5-6,9-14,17H,2-4,7-8,15H2,1H3. The number of rotatable bonds is 6. The molecule has 0 bridgehead atoms. The van der Waals surface area contributed by atoms with Gasteiger partial charge in [-0.1, -0.05) is 55.3 Å². The van der Waals surface area contributed by atoms with E-state index in [4.69, 9.17) is 4.42 Å². The highest BCUT2D eigenvalue weighted by Gasteiger charge is 2.18. The summed E-state index contributed by atoms with van der Waals surface area (Å²) in [5.74, 6) is 0.871. The monoisotopic (exact) mass is 384 g/mol. The third-order valence-electron chi connectivity index (χ3n) is 4.90. The number of hydrogen-bond acceptors (Lipinski definition) is 5. The Kier molecular flexibility index (Phi) is 5.88. The van der Waals surface area contributed by atoms with E-state index in [0.29, 0.717) is 0 Å². The fourth-order valence-electron chi connectivity index (χ4n) is 3.39. The molecule has 1 heterocycles. The Labute approximate surface area is 163 Å². The first-order valence-electron chi connectivity index (χ1n) is 9.26. The fraction of sp³-hybridized carbons (Fsp3) is 0.381. The fourth-order valence-corrected chi connectivity index (χ4v) is 5.13. The van der Waals surface area contributed by atoms with E-state index in [2.05, 4.69) is 40.6 Å². The molecule has 1 aromatic heterocycles. The van der Waals surface area contributed by atoms with Gasteiger partial charge in [0.2, 0.25) is 0 Å². The molecule has 0 saturated heterocycles. The van der Waals surface area contributed by atoms with Gasteiger partial charge < -0.3 is 4.42 Å². The van der Waals surface area contributed by atoms with Crippen LogP contribution in [-0.2, 0) is 5.75 Å². The van der Waals surface area contributed by atoms with E-state index in [1.807, 2.05) is 36.2 Å². The Morgan fingerprint density at radius 2 is 1.81 bits per heavy atom. The van der Waals surface area contributed by atoms with Crippen LogP contribution in [0.4, 0.5) is 0 Å². The third-order valence-corrected chi connectivity index (χ3v) is 6.87. The number of hydrogen-bond donors (Lipinski definition) is 0. The van der Waals surface area contributed by atoms with Gasteiger partial charge in [0.25, 0.3) is 5.22 Å². The maximum atomic E-state index is 5.77. The van der Waals surface area contributed by atoms with E-state index < -0.39 is 0 Å². The molecule has 4 rings (SSSR count). The molecule has 1 saturated carbocycles. The average molecular weight is 385 g/mol. The molecule has 0 atom stereocenters. The van der Waals surface area contributed by atoms with Crippen molar-refractivity contribution in [2.24, 2.45) is 0 Å². The quantitative estimate of drug-likeness (QED) is 0.363. The van der Waals surface area contributed by atoms with Crippen molar-refractivity contribution >= 4 is 34.8 Å². The zero-order valence-electron chi connectivity index (χ0n) is 15.1. The van der Waals surface area contributed by atoms with Crippen LogP contribution in [0.3, 0.4) is 0 Å². The predicted octanol–water partition coefficient (Wildman–Crippen LogP) is 6.39. The lowest BCUT2D eigenvalue weighted by atomic mass is 9.96. The molecule has 5 heteroatoms. The summed E-state index contributed by atoms with van der Waals surface area (Å²) in [5, 5.41) is 0.738. The number of oxazole rings is 1. The van der Waals surface area contributed by atoms with Crippen molar-refractivity contribution < 1.29 is 4.42 Å². The van der Waals surface area contributed by atoms with Gasteiger partial charge in [-0.3, -0.25) is 0 Å². The molecule has 0 spiro atoms. The lowest BCUT2D eigenvalue weighted by molar-refractivity contribution is 0.305. The molecular weight excluding hydrogens is 360 g/mol. The van der Waals surface area contributed by atoms with Gasteiger partial charge in [-0.25, -0.2) is 9.29 Å². The summed E-state index contributed by atoms with van der Waals surface area (Å²) in [7, 11) is 2.23. The van der Waals surface area contributed by atoms with Gasteiger partial charge in [0.15, 0.2) is 5.58 Å². The van der Waals surface area contributed by atoms with Crippen molar-refractivity contribution in [3.05, 3.63) is 54.1 Å². The molecule has 3 aromatic rings. The second-order valence-corrected chi connectivity index (χ2v) is 8.97. The number of aromatic nitrogens is 1. The summed E-state index contributed by atoms with van der Waals surface area (Å²) in [6.07, 6.45) is 6.83. The topological polar surface area (TPSA) is 29.3 Å². The van der Waals surface area contributed by atoms with E-state index in [-0.39, 0.29) is 0 Å².